The van der Waals surface area contributed by atoms with Crippen LogP contribution in [0.3, 0.4) is 0 Å². The minimum Gasteiger partial charge on any atom is -0.481 e. The van der Waals surface area contributed by atoms with E-state index < -0.39 is 16.8 Å². The number of carboxylic acids is 1. The van der Waals surface area contributed by atoms with Crippen molar-refractivity contribution in [2.75, 3.05) is 13.6 Å². The molecule has 0 saturated carbocycles. The smallest absolute Gasteiger partial charge is 0.324 e. The topological polar surface area (TPSA) is 101 Å². The molecule has 1 N–H and O–H groups in total. The number of hydrogen-bond donors (Lipinski definition) is 1. The number of nitrogens with zero attached hydrogens (tertiary/aromatic N) is 2. The zero-order chi connectivity index (χ0) is 13.0. The Balaban J connectivity index is 2.68. The van der Waals surface area contributed by atoms with Gasteiger partial charge in [-0.3, -0.25) is 19.7 Å². The lowest BCUT2D eigenvalue weighted by atomic mass is 10.3. The van der Waals surface area contributed by atoms with E-state index in [-0.39, 0.29) is 22.8 Å². The van der Waals surface area contributed by atoms with Gasteiger partial charge in [0.05, 0.1) is 16.2 Å². The maximum absolute atomic E-state index is 11.7. The van der Waals surface area contributed by atoms with E-state index in [9.17, 15) is 19.7 Å². The van der Waals surface area contributed by atoms with Crippen LogP contribution in [0.1, 0.15) is 16.1 Å². The van der Waals surface area contributed by atoms with E-state index >= 15 is 0 Å². The molecular weight excluding hydrogens is 248 g/mol. The molecule has 0 aliphatic carbocycles. The van der Waals surface area contributed by atoms with Gasteiger partial charge in [-0.25, -0.2) is 0 Å². The van der Waals surface area contributed by atoms with E-state index in [4.69, 9.17) is 5.11 Å². The number of rotatable bonds is 5. The lowest BCUT2D eigenvalue weighted by Gasteiger charge is -2.14. The predicted octanol–water partition coefficient (Wildman–Crippen LogP) is 1.20. The van der Waals surface area contributed by atoms with Crippen LogP contribution in [0.4, 0.5) is 5.00 Å². The Labute approximate surface area is 100 Å². The molecule has 1 heterocycles. The molecule has 0 bridgehead atoms. The Morgan fingerprint density at radius 1 is 1.53 bits per heavy atom. The van der Waals surface area contributed by atoms with Crippen LogP contribution in [0.25, 0.3) is 0 Å². The zero-order valence-corrected chi connectivity index (χ0v) is 9.77. The summed E-state index contributed by atoms with van der Waals surface area (Å²) in [5.41, 5.74) is 0. The van der Waals surface area contributed by atoms with Gasteiger partial charge in [-0.05, 0) is 6.07 Å². The van der Waals surface area contributed by atoms with Crippen LogP contribution < -0.4 is 0 Å². The van der Waals surface area contributed by atoms with Crippen LogP contribution >= 0.6 is 11.3 Å². The van der Waals surface area contributed by atoms with Crippen molar-refractivity contribution in [3.8, 4) is 0 Å². The largest absolute Gasteiger partial charge is 0.481 e. The SMILES string of the molecule is CN(CCC(=O)O)C(=O)c1ccc([N+](=O)[O-])s1. The molecular formula is C9H10N2O5S. The summed E-state index contributed by atoms with van der Waals surface area (Å²) >= 11 is 0.774. The number of aliphatic carboxylic acids is 1. The zero-order valence-electron chi connectivity index (χ0n) is 8.95. The van der Waals surface area contributed by atoms with Crippen molar-refractivity contribution in [2.45, 2.75) is 6.42 Å². The first-order valence-corrected chi connectivity index (χ1v) is 5.45. The summed E-state index contributed by atoms with van der Waals surface area (Å²) in [5, 5.41) is 18.8. The third-order valence-electron chi connectivity index (χ3n) is 1.99. The summed E-state index contributed by atoms with van der Waals surface area (Å²) in [6.45, 7) is 0.0693. The highest BCUT2D eigenvalue weighted by Crippen LogP contribution is 2.24. The van der Waals surface area contributed by atoms with Gasteiger partial charge < -0.3 is 10.0 Å². The number of nitro groups is 1. The van der Waals surface area contributed by atoms with Crippen LogP contribution in [-0.2, 0) is 4.79 Å². The van der Waals surface area contributed by atoms with Gasteiger partial charge in [0.2, 0.25) is 0 Å². The Morgan fingerprint density at radius 2 is 2.18 bits per heavy atom. The second-order valence-corrected chi connectivity index (χ2v) is 4.33. The summed E-state index contributed by atoms with van der Waals surface area (Å²) in [5.74, 6) is -1.41. The molecule has 7 nitrogen and oxygen atoms in total. The lowest BCUT2D eigenvalue weighted by Crippen LogP contribution is -2.28. The second kappa shape index (κ2) is 5.39. The van der Waals surface area contributed by atoms with Crippen LogP contribution in [0.2, 0.25) is 0 Å². The third-order valence-corrected chi connectivity index (χ3v) is 3.02. The molecule has 0 atom stereocenters. The molecule has 0 saturated heterocycles. The van der Waals surface area contributed by atoms with E-state index in [1.165, 1.54) is 24.1 Å². The number of carbonyl (C=O) groups is 2. The van der Waals surface area contributed by atoms with E-state index in [0.717, 1.165) is 11.3 Å². The number of hydrogen-bond acceptors (Lipinski definition) is 5. The standard InChI is InChI=1S/C9H10N2O5S/c1-10(5-4-8(12)13)9(14)6-2-3-7(17-6)11(15)16/h2-3H,4-5H2,1H3,(H,12,13). The maximum atomic E-state index is 11.7. The molecule has 92 valence electrons. The Kier molecular flexibility index (Phi) is 4.16. The van der Waals surface area contributed by atoms with Crippen LogP contribution in [-0.4, -0.2) is 40.4 Å². The summed E-state index contributed by atoms with van der Waals surface area (Å²) < 4.78 is 0. The van der Waals surface area contributed by atoms with Crippen molar-refractivity contribution < 1.29 is 19.6 Å². The first kappa shape index (κ1) is 13.1. The van der Waals surface area contributed by atoms with Crippen molar-refractivity contribution in [3.63, 3.8) is 0 Å². The summed E-state index contributed by atoms with van der Waals surface area (Å²) in [7, 11) is 1.46. The van der Waals surface area contributed by atoms with Gasteiger partial charge in [0.1, 0.15) is 0 Å². The predicted molar refractivity (Wildman–Crippen MR) is 60.2 cm³/mol. The number of amides is 1. The fourth-order valence-electron chi connectivity index (χ4n) is 1.09. The average molecular weight is 258 g/mol. The first-order valence-electron chi connectivity index (χ1n) is 4.63. The molecule has 0 aromatic carbocycles. The van der Waals surface area contributed by atoms with E-state index in [0.29, 0.717) is 0 Å². The van der Waals surface area contributed by atoms with Gasteiger partial charge in [0.15, 0.2) is 0 Å². The first-order chi connectivity index (χ1) is 7.91. The fourth-order valence-corrected chi connectivity index (χ4v) is 1.91. The van der Waals surface area contributed by atoms with Gasteiger partial charge in [0.25, 0.3) is 5.91 Å². The molecule has 1 rings (SSSR count). The van der Waals surface area contributed by atoms with Crippen molar-refractivity contribution in [3.05, 3.63) is 27.1 Å². The highest BCUT2D eigenvalue weighted by Gasteiger charge is 2.18. The van der Waals surface area contributed by atoms with Crippen molar-refractivity contribution in [2.24, 2.45) is 0 Å². The van der Waals surface area contributed by atoms with Gasteiger partial charge in [-0.15, -0.1) is 0 Å². The highest BCUT2D eigenvalue weighted by atomic mass is 32.1. The Bertz CT molecular complexity index is 456. The summed E-state index contributed by atoms with van der Waals surface area (Å²) in [6, 6.07) is 2.62. The Morgan fingerprint density at radius 3 is 2.65 bits per heavy atom. The van der Waals surface area contributed by atoms with Crippen LogP contribution in [0, 0.1) is 10.1 Å². The molecule has 8 heteroatoms. The van der Waals surface area contributed by atoms with Gasteiger partial charge in [-0.1, -0.05) is 11.3 Å². The van der Waals surface area contributed by atoms with Crippen LogP contribution in [0.15, 0.2) is 12.1 Å². The third kappa shape index (κ3) is 3.52. The molecule has 1 aromatic heterocycles. The molecule has 0 unspecified atom stereocenters. The number of thiophene rings is 1. The average Bonchev–Trinajstić information content (AvgIpc) is 2.73. The summed E-state index contributed by atoms with van der Waals surface area (Å²) in [6.07, 6.45) is -0.157. The minimum absolute atomic E-state index is 0.0693. The maximum Gasteiger partial charge on any atom is 0.324 e. The number of carboxylic acid groups (broad SMARTS) is 1. The van der Waals surface area contributed by atoms with Crippen molar-refractivity contribution >= 4 is 28.2 Å². The van der Waals surface area contributed by atoms with Crippen molar-refractivity contribution in [1.29, 1.82) is 0 Å². The van der Waals surface area contributed by atoms with E-state index in [2.05, 4.69) is 0 Å². The minimum atomic E-state index is -0.998. The fraction of sp³-hybridized carbons (Fsp3) is 0.333. The molecule has 1 amide bonds. The molecule has 0 radical (unpaired) electrons. The van der Waals surface area contributed by atoms with Crippen molar-refractivity contribution in [1.82, 2.24) is 4.90 Å². The Hall–Kier alpha value is -1.96. The number of carbonyl (C=O) groups excluding carboxylic acids is 1. The molecule has 1 aromatic rings. The van der Waals surface area contributed by atoms with Gasteiger partial charge in [0, 0.05) is 19.7 Å². The molecule has 0 aliphatic rings. The van der Waals surface area contributed by atoms with Gasteiger partial charge >= 0.3 is 11.0 Å². The molecule has 0 spiro atoms. The lowest BCUT2D eigenvalue weighted by molar-refractivity contribution is -0.380. The molecule has 17 heavy (non-hydrogen) atoms. The molecule has 0 aliphatic heterocycles. The highest BCUT2D eigenvalue weighted by molar-refractivity contribution is 7.17. The normalized spacial score (nSPS) is 9.94. The second-order valence-electron chi connectivity index (χ2n) is 3.27. The van der Waals surface area contributed by atoms with Crippen LogP contribution in [0.5, 0.6) is 0 Å². The van der Waals surface area contributed by atoms with E-state index in [1.54, 1.807) is 0 Å². The quantitative estimate of drug-likeness (QED) is 0.631. The summed E-state index contributed by atoms with van der Waals surface area (Å²) in [4.78, 5) is 33.4. The monoisotopic (exact) mass is 258 g/mol. The van der Waals surface area contributed by atoms with E-state index in [1.807, 2.05) is 0 Å². The molecule has 0 fully saturated rings. The van der Waals surface area contributed by atoms with Gasteiger partial charge in [-0.2, -0.15) is 0 Å².